The third-order valence-electron chi connectivity index (χ3n) is 5.60. The van der Waals surface area contributed by atoms with Crippen molar-refractivity contribution in [1.29, 1.82) is 0 Å². The number of imidazole rings is 1. The number of nitrogens with zero attached hydrogens (tertiary/aromatic N) is 7. The van der Waals surface area contributed by atoms with Gasteiger partial charge in [0.2, 0.25) is 0 Å². The molecule has 0 saturated carbocycles. The maximum absolute atomic E-state index is 4.79. The Kier molecular flexibility index (Phi) is 5.26. The fraction of sp³-hybridized carbons (Fsp3) is 0.261. The van der Waals surface area contributed by atoms with Crippen molar-refractivity contribution < 1.29 is 0 Å². The van der Waals surface area contributed by atoms with Gasteiger partial charge in [-0.3, -0.25) is 4.90 Å². The van der Waals surface area contributed by atoms with Crippen LogP contribution < -0.4 is 0 Å². The van der Waals surface area contributed by atoms with E-state index >= 15 is 0 Å². The minimum atomic E-state index is 0.382. The molecule has 0 bridgehead atoms. The molecule has 7 heteroatoms. The second kappa shape index (κ2) is 8.51. The molecule has 1 fully saturated rings. The minimum absolute atomic E-state index is 0.382. The van der Waals surface area contributed by atoms with Crippen molar-refractivity contribution >= 4 is 0 Å². The van der Waals surface area contributed by atoms with E-state index in [9.17, 15) is 0 Å². The number of aromatic nitrogens is 6. The number of piperidine rings is 1. The lowest BCUT2D eigenvalue weighted by molar-refractivity contribution is 0.176. The summed E-state index contributed by atoms with van der Waals surface area (Å²) in [5.41, 5.74) is 4.04. The third-order valence-corrected chi connectivity index (χ3v) is 5.60. The molecule has 0 amide bonds. The lowest BCUT2D eigenvalue weighted by Gasteiger charge is -2.32. The van der Waals surface area contributed by atoms with Crippen LogP contribution in [0.3, 0.4) is 0 Å². The highest BCUT2D eigenvalue weighted by Gasteiger charge is 2.25. The number of hydrogen-bond donors (Lipinski definition) is 0. The lowest BCUT2D eigenvalue weighted by atomic mass is 10.0. The van der Waals surface area contributed by atoms with Crippen molar-refractivity contribution in [2.24, 2.45) is 0 Å². The first kappa shape index (κ1) is 18.6. The molecule has 0 unspecified atom stereocenters. The quantitative estimate of drug-likeness (QED) is 0.512. The Morgan fingerprint density at radius 2 is 1.63 bits per heavy atom. The van der Waals surface area contributed by atoms with Crippen molar-refractivity contribution in [2.45, 2.75) is 25.4 Å². The summed E-state index contributed by atoms with van der Waals surface area (Å²) in [6.45, 7) is 2.81. The van der Waals surface area contributed by atoms with Gasteiger partial charge < -0.3 is 4.57 Å². The molecule has 150 valence electrons. The molecule has 30 heavy (non-hydrogen) atoms. The molecule has 1 aliphatic heterocycles. The van der Waals surface area contributed by atoms with E-state index in [-0.39, 0.29) is 0 Å². The Labute approximate surface area is 175 Å². The molecule has 0 radical (unpaired) electrons. The van der Waals surface area contributed by atoms with Gasteiger partial charge in [0.05, 0.1) is 30.0 Å². The topological polar surface area (TPSA) is 72.6 Å². The highest BCUT2D eigenvalue weighted by Crippen LogP contribution is 2.35. The van der Waals surface area contributed by atoms with Gasteiger partial charge in [0.25, 0.3) is 0 Å². The van der Waals surface area contributed by atoms with Gasteiger partial charge in [0.1, 0.15) is 12.2 Å². The monoisotopic (exact) mass is 397 g/mol. The summed E-state index contributed by atoms with van der Waals surface area (Å²) < 4.78 is 2.31. The molecule has 3 aromatic heterocycles. The fourth-order valence-corrected chi connectivity index (χ4v) is 4.10. The zero-order valence-corrected chi connectivity index (χ0v) is 16.7. The number of rotatable bonds is 5. The molecular weight excluding hydrogens is 374 g/mol. The van der Waals surface area contributed by atoms with Crippen LogP contribution in [0, 0.1) is 0 Å². The summed E-state index contributed by atoms with van der Waals surface area (Å²) in [6, 6.07) is 14.5. The van der Waals surface area contributed by atoms with E-state index < -0.39 is 0 Å². The molecule has 0 atom stereocenters. The molecule has 7 nitrogen and oxygen atoms in total. The van der Waals surface area contributed by atoms with Crippen LogP contribution in [-0.2, 0) is 6.54 Å². The first-order chi connectivity index (χ1) is 14.9. The second-order valence-electron chi connectivity index (χ2n) is 7.48. The Morgan fingerprint density at radius 1 is 0.833 bits per heavy atom. The summed E-state index contributed by atoms with van der Waals surface area (Å²) >= 11 is 0. The lowest BCUT2D eigenvalue weighted by Crippen LogP contribution is -2.34. The van der Waals surface area contributed by atoms with Crippen molar-refractivity contribution in [2.75, 3.05) is 13.1 Å². The maximum Gasteiger partial charge on any atom is 0.142 e. The molecule has 1 aliphatic rings. The first-order valence-electron chi connectivity index (χ1n) is 10.3. The smallest absolute Gasteiger partial charge is 0.142 e. The Balaban J connectivity index is 1.41. The molecule has 1 aromatic carbocycles. The van der Waals surface area contributed by atoms with E-state index in [2.05, 4.69) is 41.5 Å². The summed E-state index contributed by atoms with van der Waals surface area (Å²) in [4.78, 5) is 24.6. The second-order valence-corrected chi connectivity index (χ2v) is 7.48. The fourth-order valence-electron chi connectivity index (χ4n) is 4.10. The van der Waals surface area contributed by atoms with Gasteiger partial charge in [-0.25, -0.2) is 24.9 Å². The molecule has 0 N–H and O–H groups in total. The number of likely N-dealkylation sites (tertiary alicyclic amines) is 1. The van der Waals surface area contributed by atoms with E-state index in [0.29, 0.717) is 6.04 Å². The van der Waals surface area contributed by atoms with Gasteiger partial charge in [0, 0.05) is 43.3 Å². The van der Waals surface area contributed by atoms with Gasteiger partial charge in [-0.1, -0.05) is 30.3 Å². The van der Waals surface area contributed by atoms with Crippen LogP contribution in [0.15, 0.2) is 73.7 Å². The predicted octanol–water partition coefficient (Wildman–Crippen LogP) is 3.63. The van der Waals surface area contributed by atoms with Gasteiger partial charge >= 0.3 is 0 Å². The van der Waals surface area contributed by atoms with Gasteiger partial charge in [-0.15, -0.1) is 0 Å². The molecule has 0 aliphatic carbocycles. The zero-order chi connectivity index (χ0) is 20.2. The Bertz CT molecular complexity index is 1070. The van der Waals surface area contributed by atoms with Gasteiger partial charge in [0.15, 0.2) is 0 Å². The highest BCUT2D eigenvalue weighted by molar-refractivity contribution is 5.76. The van der Waals surface area contributed by atoms with Crippen molar-refractivity contribution in [3.63, 3.8) is 0 Å². The summed E-state index contributed by atoms with van der Waals surface area (Å²) in [7, 11) is 0. The minimum Gasteiger partial charge on any atom is -0.326 e. The van der Waals surface area contributed by atoms with Crippen LogP contribution in [0.2, 0.25) is 0 Å². The molecule has 4 aromatic rings. The van der Waals surface area contributed by atoms with Gasteiger partial charge in [-0.05, 0) is 25.0 Å². The van der Waals surface area contributed by atoms with Crippen LogP contribution in [-0.4, -0.2) is 47.5 Å². The zero-order valence-electron chi connectivity index (χ0n) is 16.7. The average Bonchev–Trinajstić information content (AvgIpc) is 3.27. The van der Waals surface area contributed by atoms with E-state index in [0.717, 1.165) is 60.9 Å². The van der Waals surface area contributed by atoms with Crippen molar-refractivity contribution in [3.8, 4) is 22.6 Å². The van der Waals surface area contributed by atoms with Crippen LogP contribution >= 0.6 is 0 Å². The van der Waals surface area contributed by atoms with E-state index in [1.165, 1.54) is 0 Å². The normalized spacial score (nSPS) is 15.3. The van der Waals surface area contributed by atoms with Crippen LogP contribution in [0.4, 0.5) is 0 Å². The molecule has 0 spiro atoms. The average molecular weight is 397 g/mol. The van der Waals surface area contributed by atoms with Crippen LogP contribution in [0.5, 0.6) is 0 Å². The first-order valence-corrected chi connectivity index (χ1v) is 10.3. The van der Waals surface area contributed by atoms with Crippen LogP contribution in [0.1, 0.15) is 24.7 Å². The van der Waals surface area contributed by atoms with Crippen LogP contribution in [0.25, 0.3) is 22.6 Å². The summed E-state index contributed by atoms with van der Waals surface area (Å²) in [5, 5.41) is 0. The maximum atomic E-state index is 4.79. The molecule has 1 saturated heterocycles. The highest BCUT2D eigenvalue weighted by atomic mass is 15.2. The summed E-state index contributed by atoms with van der Waals surface area (Å²) in [5.74, 6) is 0.881. The van der Waals surface area contributed by atoms with Crippen molar-refractivity contribution in [1.82, 2.24) is 34.4 Å². The van der Waals surface area contributed by atoms with Crippen molar-refractivity contribution in [3.05, 3.63) is 79.5 Å². The largest absolute Gasteiger partial charge is 0.326 e. The molecular formula is C23H23N7. The molecule has 5 rings (SSSR count). The molecule has 4 heterocycles. The predicted molar refractivity (Wildman–Crippen MR) is 114 cm³/mol. The Hall–Kier alpha value is -3.45. The van der Waals surface area contributed by atoms with Gasteiger partial charge in [-0.2, -0.15) is 0 Å². The third kappa shape index (κ3) is 3.84. The van der Waals surface area contributed by atoms with E-state index in [4.69, 9.17) is 4.98 Å². The van der Waals surface area contributed by atoms with E-state index in [1.54, 1.807) is 24.9 Å². The number of hydrogen-bond acceptors (Lipinski definition) is 6. The number of benzene rings is 1. The standard InChI is InChI=1S/C23H23N7/c1-2-5-18(6-3-1)22-23(20-7-12-24-16-27-20)30(17-28-22)19-8-13-29(14-9-19)15-21-25-10-4-11-26-21/h1-7,10-12,16-17,19H,8-9,13-15H2. The Morgan fingerprint density at radius 3 is 2.37 bits per heavy atom. The SMILES string of the molecule is c1ccc(-c2ncn(C3CCN(Cc4ncccn4)CC3)c2-c2ccncn2)cc1. The van der Waals surface area contributed by atoms with E-state index in [1.807, 2.05) is 36.7 Å². The summed E-state index contributed by atoms with van der Waals surface area (Å²) in [6.07, 6.45) is 11.1.